The molecule has 0 unspecified atom stereocenters. The fraction of sp³-hybridized carbons (Fsp3) is 0.410. The van der Waals surface area contributed by atoms with E-state index in [1.165, 1.54) is 0 Å². The van der Waals surface area contributed by atoms with Crippen LogP contribution in [0.2, 0.25) is 0 Å². The van der Waals surface area contributed by atoms with Crippen LogP contribution in [0.1, 0.15) is 64.8 Å². The summed E-state index contributed by atoms with van der Waals surface area (Å²) in [7, 11) is -1.28. The highest BCUT2D eigenvalue weighted by Crippen LogP contribution is 2.34. The SMILES string of the molecule is CCCCOCCOc1ccc(-c2ccc3c(c2)C=C(C(=O)Nc2ccc([S@@](=O)Cc4nncn4CCC)cc2)CCN3CC(C)C)cc1. The number of amides is 1. The fourth-order valence-corrected chi connectivity index (χ4v) is 6.88. The molecule has 3 aromatic carbocycles. The Balaban J connectivity index is 1.28. The molecule has 10 heteroatoms. The zero-order chi connectivity index (χ0) is 34.6. The van der Waals surface area contributed by atoms with Crippen molar-refractivity contribution in [2.24, 2.45) is 5.92 Å². The first-order chi connectivity index (χ1) is 23.8. The zero-order valence-corrected chi connectivity index (χ0v) is 30.0. The second kappa shape index (κ2) is 17.9. The number of hydrogen-bond donors (Lipinski definition) is 1. The summed E-state index contributed by atoms with van der Waals surface area (Å²) in [6.45, 7) is 13.0. The van der Waals surface area contributed by atoms with E-state index in [2.05, 4.69) is 78.4 Å². The number of carbonyl (C=O) groups is 1. The molecule has 260 valence electrons. The summed E-state index contributed by atoms with van der Waals surface area (Å²) in [5.41, 5.74) is 5.69. The maximum absolute atomic E-state index is 13.6. The van der Waals surface area contributed by atoms with Gasteiger partial charge in [0, 0.05) is 48.1 Å². The van der Waals surface area contributed by atoms with Crippen molar-refractivity contribution >= 4 is 34.2 Å². The summed E-state index contributed by atoms with van der Waals surface area (Å²) < 4.78 is 26.5. The van der Waals surface area contributed by atoms with E-state index in [1.807, 2.05) is 34.9 Å². The Hall–Kier alpha value is -4.28. The number of nitrogens with zero attached hydrogens (tertiary/aromatic N) is 4. The first-order valence-corrected chi connectivity index (χ1v) is 18.7. The number of unbranched alkanes of at least 4 members (excludes halogenated alkanes) is 1. The van der Waals surface area contributed by atoms with Gasteiger partial charge in [-0.25, -0.2) is 0 Å². The van der Waals surface area contributed by atoms with Crippen molar-refractivity contribution in [3.63, 3.8) is 0 Å². The lowest BCUT2D eigenvalue weighted by atomic mass is 10.00. The Morgan fingerprint density at radius 3 is 2.47 bits per heavy atom. The van der Waals surface area contributed by atoms with E-state index < -0.39 is 10.8 Å². The number of anilines is 2. The third-order valence-corrected chi connectivity index (χ3v) is 9.67. The molecule has 1 atom stereocenters. The van der Waals surface area contributed by atoms with Gasteiger partial charge in [0.15, 0.2) is 0 Å². The summed E-state index contributed by atoms with van der Waals surface area (Å²) >= 11 is 0. The minimum atomic E-state index is -1.28. The number of fused-ring (bicyclic) bond motifs is 1. The maximum atomic E-state index is 13.6. The van der Waals surface area contributed by atoms with Crippen LogP contribution in [0.15, 0.2) is 83.5 Å². The van der Waals surface area contributed by atoms with Crippen LogP contribution in [0.3, 0.4) is 0 Å². The highest BCUT2D eigenvalue weighted by molar-refractivity contribution is 7.84. The van der Waals surface area contributed by atoms with Crippen molar-refractivity contribution in [1.82, 2.24) is 14.8 Å². The Kier molecular flexibility index (Phi) is 13.2. The molecule has 49 heavy (non-hydrogen) atoms. The molecule has 1 aliphatic heterocycles. The number of aromatic nitrogens is 3. The molecular weight excluding hydrogens is 635 g/mol. The number of hydrogen-bond acceptors (Lipinski definition) is 7. The van der Waals surface area contributed by atoms with Gasteiger partial charge in [-0.2, -0.15) is 0 Å². The average molecular weight is 684 g/mol. The topological polar surface area (TPSA) is 98.6 Å². The van der Waals surface area contributed by atoms with Gasteiger partial charge in [-0.3, -0.25) is 9.00 Å². The van der Waals surface area contributed by atoms with E-state index >= 15 is 0 Å². The van der Waals surface area contributed by atoms with Crippen molar-refractivity contribution in [2.75, 3.05) is 43.1 Å². The summed E-state index contributed by atoms with van der Waals surface area (Å²) in [5.74, 6) is 2.15. The molecular formula is C39H49N5O4S. The van der Waals surface area contributed by atoms with E-state index in [9.17, 15) is 9.00 Å². The van der Waals surface area contributed by atoms with E-state index in [0.717, 1.165) is 79.2 Å². The molecule has 0 bridgehead atoms. The predicted molar refractivity (Wildman–Crippen MR) is 198 cm³/mol. The molecule has 0 spiro atoms. The van der Waals surface area contributed by atoms with Crippen LogP contribution in [0.25, 0.3) is 17.2 Å². The largest absolute Gasteiger partial charge is 0.491 e. The summed E-state index contributed by atoms with van der Waals surface area (Å²) in [5, 5.41) is 11.2. The lowest BCUT2D eigenvalue weighted by molar-refractivity contribution is -0.112. The Morgan fingerprint density at radius 2 is 1.73 bits per heavy atom. The van der Waals surface area contributed by atoms with Crippen molar-refractivity contribution in [1.29, 1.82) is 0 Å². The van der Waals surface area contributed by atoms with Crippen molar-refractivity contribution in [3.05, 3.63) is 90.0 Å². The van der Waals surface area contributed by atoms with Crippen molar-refractivity contribution in [2.45, 2.75) is 70.6 Å². The standard InChI is InChI=1S/C39H49N5O4S/c1-5-7-21-47-22-23-48-35-13-8-30(9-14-35)31-10-17-37-33(24-31)25-32(18-20-43(37)26-29(3)4)39(45)41-34-11-15-36(16-12-34)49(46)27-38-42-40-28-44(38)19-6-2/h8-17,24-25,28-29H,5-7,18-23,26-27H2,1-4H3,(H,41,45)/t49-/m0/s1. The number of aryl methyl sites for hydroxylation is 1. The van der Waals surface area contributed by atoms with Crippen LogP contribution in [-0.4, -0.2) is 57.8 Å². The zero-order valence-electron chi connectivity index (χ0n) is 29.2. The van der Waals surface area contributed by atoms with Gasteiger partial charge < -0.3 is 24.3 Å². The summed E-state index contributed by atoms with van der Waals surface area (Å²) in [6.07, 6.45) is 7.47. The average Bonchev–Trinajstić information content (AvgIpc) is 3.45. The predicted octanol–water partition coefficient (Wildman–Crippen LogP) is 7.75. The summed E-state index contributed by atoms with van der Waals surface area (Å²) in [6, 6.07) is 21.8. The molecule has 0 saturated heterocycles. The number of nitrogens with one attached hydrogen (secondary N) is 1. The summed E-state index contributed by atoms with van der Waals surface area (Å²) in [4.78, 5) is 16.7. The van der Waals surface area contributed by atoms with Crippen LogP contribution >= 0.6 is 0 Å². The van der Waals surface area contributed by atoms with E-state index in [-0.39, 0.29) is 5.91 Å². The monoisotopic (exact) mass is 683 g/mol. The first-order valence-electron chi connectivity index (χ1n) is 17.4. The first kappa shape index (κ1) is 36.0. The van der Waals surface area contributed by atoms with Crippen molar-refractivity contribution in [3.8, 4) is 16.9 Å². The molecule has 0 fully saturated rings. The highest BCUT2D eigenvalue weighted by Gasteiger charge is 2.21. The van der Waals surface area contributed by atoms with E-state index in [1.54, 1.807) is 18.5 Å². The molecule has 1 amide bonds. The van der Waals surface area contributed by atoms with Crippen LogP contribution in [0, 0.1) is 5.92 Å². The Bertz CT molecular complexity index is 1720. The Morgan fingerprint density at radius 1 is 0.959 bits per heavy atom. The van der Waals surface area contributed by atoms with Crippen molar-refractivity contribution < 1.29 is 18.5 Å². The molecule has 1 N–H and O–H groups in total. The lowest BCUT2D eigenvalue weighted by Gasteiger charge is -2.27. The van der Waals surface area contributed by atoms with Gasteiger partial charge in [0.1, 0.15) is 24.5 Å². The van der Waals surface area contributed by atoms with Gasteiger partial charge in [0.25, 0.3) is 5.91 Å². The minimum Gasteiger partial charge on any atom is -0.491 e. The molecule has 5 rings (SSSR count). The second-order valence-corrected chi connectivity index (χ2v) is 14.2. The smallest absolute Gasteiger partial charge is 0.251 e. The molecule has 0 aliphatic carbocycles. The Labute approximate surface area is 293 Å². The van der Waals surface area contributed by atoms with Gasteiger partial charge >= 0.3 is 0 Å². The van der Waals surface area contributed by atoms with Crippen LogP contribution in [0.5, 0.6) is 5.75 Å². The lowest BCUT2D eigenvalue weighted by Crippen LogP contribution is -2.29. The minimum absolute atomic E-state index is 0.135. The molecule has 1 aliphatic rings. The molecule has 0 radical (unpaired) electrons. The molecule has 9 nitrogen and oxygen atoms in total. The fourth-order valence-electron chi connectivity index (χ4n) is 5.81. The highest BCUT2D eigenvalue weighted by atomic mass is 32.2. The van der Waals surface area contributed by atoms with Crippen LogP contribution in [0.4, 0.5) is 11.4 Å². The number of carbonyl (C=O) groups excluding carboxylic acids is 1. The van der Waals surface area contributed by atoms with Gasteiger partial charge in [0.05, 0.1) is 23.2 Å². The third-order valence-electron chi connectivity index (χ3n) is 8.35. The number of rotatable bonds is 17. The van der Waals surface area contributed by atoms with Gasteiger partial charge in [-0.15, -0.1) is 10.2 Å². The number of ether oxygens (including phenoxy) is 2. The van der Waals surface area contributed by atoms with Gasteiger partial charge in [0.2, 0.25) is 0 Å². The van der Waals surface area contributed by atoms with Crippen LogP contribution < -0.4 is 15.0 Å². The van der Waals surface area contributed by atoms with Gasteiger partial charge in [-0.05, 0) is 96.5 Å². The van der Waals surface area contributed by atoms with E-state index in [0.29, 0.717) is 47.7 Å². The molecule has 4 aromatic rings. The molecule has 2 heterocycles. The number of benzene rings is 3. The third kappa shape index (κ3) is 10.1. The second-order valence-electron chi connectivity index (χ2n) is 12.8. The quantitative estimate of drug-likeness (QED) is 0.114. The van der Waals surface area contributed by atoms with Crippen LogP contribution in [-0.2, 0) is 32.6 Å². The maximum Gasteiger partial charge on any atom is 0.251 e. The van der Waals surface area contributed by atoms with E-state index in [4.69, 9.17) is 9.47 Å². The molecule has 0 saturated carbocycles. The van der Waals surface area contributed by atoms with Gasteiger partial charge in [-0.1, -0.05) is 52.3 Å². The normalized spacial score (nSPS) is 13.5. The molecule has 1 aromatic heterocycles.